The molecule has 0 saturated carbocycles. The molecule has 1 rings (SSSR count). The quantitative estimate of drug-likeness (QED) is 0.709. The number of ether oxygens (including phenoxy) is 1. The maximum atomic E-state index is 11.7. The van der Waals surface area contributed by atoms with Gasteiger partial charge in [0.05, 0.1) is 6.61 Å². The van der Waals surface area contributed by atoms with E-state index in [4.69, 9.17) is 10.5 Å². The molecule has 1 amide bonds. The van der Waals surface area contributed by atoms with E-state index in [1.54, 1.807) is 7.11 Å². The molecule has 4 heteroatoms. The van der Waals surface area contributed by atoms with Crippen LogP contribution in [0.2, 0.25) is 0 Å². The number of methoxy groups -OCH3 is 1. The molecule has 1 unspecified atom stereocenters. The molecule has 2 N–H and O–H groups in total. The third-order valence-corrected chi connectivity index (χ3v) is 2.76. The fourth-order valence-electron chi connectivity index (χ4n) is 1.71. The lowest BCUT2D eigenvalue weighted by Crippen LogP contribution is -2.48. The number of carbonyl (C=O) groups excluding carboxylic acids is 1. The second-order valence-corrected chi connectivity index (χ2v) is 4.07. The van der Waals surface area contributed by atoms with Crippen molar-refractivity contribution in [3.8, 4) is 0 Å². The highest BCUT2D eigenvalue weighted by molar-refractivity contribution is 5.81. The van der Waals surface area contributed by atoms with Crippen LogP contribution in [0, 0.1) is 5.92 Å². The molecule has 4 nitrogen and oxygen atoms in total. The normalized spacial score (nSPS) is 20.9. The van der Waals surface area contributed by atoms with E-state index in [-0.39, 0.29) is 5.91 Å². The molecule has 0 aliphatic carbocycles. The van der Waals surface area contributed by atoms with Gasteiger partial charge >= 0.3 is 0 Å². The molecule has 1 atom stereocenters. The van der Waals surface area contributed by atoms with Crippen LogP contribution in [0.4, 0.5) is 0 Å². The second kappa shape index (κ2) is 5.32. The zero-order valence-electron chi connectivity index (χ0n) is 9.03. The predicted molar refractivity (Wildman–Crippen MR) is 54.8 cm³/mol. The SMILES string of the molecule is COCC(N)C(=O)N1CCC(C)CC1. The molecule has 1 aliphatic rings. The summed E-state index contributed by atoms with van der Waals surface area (Å²) in [6, 6.07) is -0.492. The molecule has 1 aliphatic heterocycles. The third-order valence-electron chi connectivity index (χ3n) is 2.76. The van der Waals surface area contributed by atoms with Gasteiger partial charge in [0, 0.05) is 20.2 Å². The second-order valence-electron chi connectivity index (χ2n) is 4.07. The summed E-state index contributed by atoms with van der Waals surface area (Å²) in [5.41, 5.74) is 5.68. The summed E-state index contributed by atoms with van der Waals surface area (Å²) in [7, 11) is 1.56. The van der Waals surface area contributed by atoms with Crippen molar-refractivity contribution in [2.45, 2.75) is 25.8 Å². The summed E-state index contributed by atoms with van der Waals surface area (Å²) in [5, 5.41) is 0. The Hall–Kier alpha value is -0.610. The summed E-state index contributed by atoms with van der Waals surface area (Å²) in [6.45, 7) is 4.22. The maximum Gasteiger partial charge on any atom is 0.241 e. The summed E-state index contributed by atoms with van der Waals surface area (Å²) < 4.78 is 4.86. The monoisotopic (exact) mass is 200 g/mol. The summed E-state index contributed by atoms with van der Waals surface area (Å²) in [5.74, 6) is 0.761. The fourth-order valence-corrected chi connectivity index (χ4v) is 1.71. The molecular weight excluding hydrogens is 180 g/mol. The molecule has 0 aromatic heterocycles. The van der Waals surface area contributed by atoms with Crippen molar-refractivity contribution in [1.29, 1.82) is 0 Å². The number of piperidine rings is 1. The van der Waals surface area contributed by atoms with Gasteiger partial charge in [0.2, 0.25) is 5.91 Å². The Bertz CT molecular complexity index is 189. The van der Waals surface area contributed by atoms with E-state index in [1.807, 2.05) is 4.90 Å². The van der Waals surface area contributed by atoms with Crippen LogP contribution < -0.4 is 5.73 Å². The Morgan fingerprint density at radius 3 is 2.64 bits per heavy atom. The Morgan fingerprint density at radius 2 is 2.14 bits per heavy atom. The van der Waals surface area contributed by atoms with Crippen molar-refractivity contribution in [2.75, 3.05) is 26.8 Å². The minimum atomic E-state index is -0.492. The van der Waals surface area contributed by atoms with E-state index in [0.717, 1.165) is 31.8 Å². The average molecular weight is 200 g/mol. The van der Waals surface area contributed by atoms with Gasteiger partial charge < -0.3 is 15.4 Å². The van der Waals surface area contributed by atoms with Gasteiger partial charge in [-0.15, -0.1) is 0 Å². The van der Waals surface area contributed by atoms with Crippen LogP contribution in [0.15, 0.2) is 0 Å². The van der Waals surface area contributed by atoms with Crippen LogP contribution in [0.3, 0.4) is 0 Å². The number of amides is 1. The minimum Gasteiger partial charge on any atom is -0.383 e. The van der Waals surface area contributed by atoms with Crippen LogP contribution in [-0.2, 0) is 9.53 Å². The Labute approximate surface area is 85.4 Å². The van der Waals surface area contributed by atoms with Crippen molar-refractivity contribution in [1.82, 2.24) is 4.90 Å². The number of nitrogens with two attached hydrogens (primary N) is 1. The molecule has 14 heavy (non-hydrogen) atoms. The van der Waals surface area contributed by atoms with Crippen molar-refractivity contribution in [3.05, 3.63) is 0 Å². The molecule has 1 fully saturated rings. The van der Waals surface area contributed by atoms with Crippen molar-refractivity contribution >= 4 is 5.91 Å². The summed E-state index contributed by atoms with van der Waals surface area (Å²) in [4.78, 5) is 13.6. The van der Waals surface area contributed by atoms with Crippen molar-refractivity contribution in [2.24, 2.45) is 11.7 Å². The Kier molecular flexibility index (Phi) is 4.35. The van der Waals surface area contributed by atoms with Gasteiger partial charge in [-0.3, -0.25) is 4.79 Å². The van der Waals surface area contributed by atoms with Gasteiger partial charge in [0.15, 0.2) is 0 Å². The number of likely N-dealkylation sites (tertiary alicyclic amines) is 1. The third kappa shape index (κ3) is 2.96. The average Bonchev–Trinajstić information content (AvgIpc) is 2.18. The standard InChI is InChI=1S/C10H20N2O2/c1-8-3-5-12(6-4-8)10(13)9(11)7-14-2/h8-9H,3-7,11H2,1-2H3. The lowest BCUT2D eigenvalue weighted by molar-refractivity contribution is -0.135. The van der Waals surface area contributed by atoms with Crippen molar-refractivity contribution in [3.63, 3.8) is 0 Å². The van der Waals surface area contributed by atoms with E-state index in [9.17, 15) is 4.79 Å². The minimum absolute atomic E-state index is 0.0266. The van der Waals surface area contributed by atoms with E-state index in [2.05, 4.69) is 6.92 Å². The van der Waals surface area contributed by atoms with Gasteiger partial charge in [-0.2, -0.15) is 0 Å². The highest BCUT2D eigenvalue weighted by atomic mass is 16.5. The van der Waals surface area contributed by atoms with E-state index in [1.165, 1.54) is 0 Å². The van der Waals surface area contributed by atoms with Gasteiger partial charge in [0.1, 0.15) is 6.04 Å². The molecule has 0 aromatic carbocycles. The lowest BCUT2D eigenvalue weighted by atomic mass is 9.99. The first-order valence-corrected chi connectivity index (χ1v) is 5.18. The molecule has 0 bridgehead atoms. The highest BCUT2D eigenvalue weighted by Crippen LogP contribution is 2.16. The molecular formula is C10H20N2O2. The van der Waals surface area contributed by atoms with E-state index >= 15 is 0 Å². The molecule has 1 heterocycles. The molecule has 0 radical (unpaired) electrons. The Balaban J connectivity index is 2.37. The Morgan fingerprint density at radius 1 is 1.57 bits per heavy atom. The van der Waals surface area contributed by atoms with Crippen LogP contribution >= 0.6 is 0 Å². The van der Waals surface area contributed by atoms with Crippen molar-refractivity contribution < 1.29 is 9.53 Å². The number of hydrogen-bond acceptors (Lipinski definition) is 3. The van der Waals surface area contributed by atoms with Crippen LogP contribution in [0.25, 0.3) is 0 Å². The zero-order chi connectivity index (χ0) is 10.6. The smallest absolute Gasteiger partial charge is 0.241 e. The summed E-state index contributed by atoms with van der Waals surface area (Å²) in [6.07, 6.45) is 2.18. The number of nitrogens with zero attached hydrogens (tertiary/aromatic N) is 1. The van der Waals surface area contributed by atoms with E-state index in [0.29, 0.717) is 6.61 Å². The topological polar surface area (TPSA) is 55.6 Å². The van der Waals surface area contributed by atoms with Crippen LogP contribution in [0.1, 0.15) is 19.8 Å². The van der Waals surface area contributed by atoms with Crippen LogP contribution in [-0.4, -0.2) is 43.7 Å². The number of hydrogen-bond donors (Lipinski definition) is 1. The van der Waals surface area contributed by atoms with Crippen LogP contribution in [0.5, 0.6) is 0 Å². The fraction of sp³-hybridized carbons (Fsp3) is 0.900. The zero-order valence-corrected chi connectivity index (χ0v) is 9.03. The molecule has 0 spiro atoms. The highest BCUT2D eigenvalue weighted by Gasteiger charge is 2.24. The molecule has 1 saturated heterocycles. The first-order chi connectivity index (χ1) is 6.65. The van der Waals surface area contributed by atoms with E-state index < -0.39 is 6.04 Å². The van der Waals surface area contributed by atoms with Gasteiger partial charge in [-0.05, 0) is 18.8 Å². The summed E-state index contributed by atoms with van der Waals surface area (Å²) >= 11 is 0. The maximum absolute atomic E-state index is 11.7. The lowest BCUT2D eigenvalue weighted by Gasteiger charge is -2.31. The van der Waals surface area contributed by atoms with Gasteiger partial charge in [-0.1, -0.05) is 6.92 Å². The number of rotatable bonds is 3. The van der Waals surface area contributed by atoms with Gasteiger partial charge in [0.25, 0.3) is 0 Å². The first-order valence-electron chi connectivity index (χ1n) is 5.18. The first kappa shape index (κ1) is 11.5. The van der Waals surface area contributed by atoms with Gasteiger partial charge in [-0.25, -0.2) is 0 Å². The molecule has 0 aromatic rings. The predicted octanol–water partition coefficient (Wildman–Crippen LogP) is 0.219. The molecule has 82 valence electrons. The number of carbonyl (C=O) groups is 1. The largest absolute Gasteiger partial charge is 0.383 e.